The molecule has 1 heterocycles. The summed E-state index contributed by atoms with van der Waals surface area (Å²) in [5.74, 6) is 2.88. The van der Waals surface area contributed by atoms with E-state index in [2.05, 4.69) is 4.99 Å². The van der Waals surface area contributed by atoms with Crippen LogP contribution in [0.25, 0.3) is 0 Å². The highest BCUT2D eigenvalue weighted by Gasteiger charge is 2.20. The van der Waals surface area contributed by atoms with Crippen molar-refractivity contribution in [3.05, 3.63) is 47.0 Å². The first kappa shape index (κ1) is 16.2. The van der Waals surface area contributed by atoms with E-state index < -0.39 is 0 Å². The monoisotopic (exact) mass is 327 g/mol. The number of fused-ring (bicyclic) bond motifs is 1. The van der Waals surface area contributed by atoms with E-state index in [-0.39, 0.29) is 6.04 Å². The van der Waals surface area contributed by atoms with Crippen LogP contribution < -0.4 is 18.9 Å². The summed E-state index contributed by atoms with van der Waals surface area (Å²) in [7, 11) is 6.55. The Labute approximate surface area is 141 Å². The van der Waals surface area contributed by atoms with E-state index in [9.17, 15) is 0 Å². The molecule has 0 amide bonds. The molecule has 24 heavy (non-hydrogen) atoms. The fraction of sp³-hybridized carbons (Fsp3) is 0.316. The first-order chi connectivity index (χ1) is 11.7. The summed E-state index contributed by atoms with van der Waals surface area (Å²) >= 11 is 0. The van der Waals surface area contributed by atoms with Crippen LogP contribution in [0.5, 0.6) is 23.0 Å². The predicted octanol–water partition coefficient (Wildman–Crippen LogP) is 3.44. The second kappa shape index (κ2) is 6.83. The zero-order chi connectivity index (χ0) is 17.1. The molecule has 2 aromatic rings. The van der Waals surface area contributed by atoms with Crippen LogP contribution in [0.4, 0.5) is 0 Å². The van der Waals surface area contributed by atoms with Crippen molar-refractivity contribution in [3.63, 3.8) is 0 Å². The normalized spacial score (nSPS) is 15.6. The molecule has 0 radical (unpaired) electrons. The molecule has 1 aliphatic rings. The van der Waals surface area contributed by atoms with Crippen molar-refractivity contribution in [1.29, 1.82) is 0 Å². The van der Waals surface area contributed by atoms with E-state index in [1.165, 1.54) is 5.56 Å². The van der Waals surface area contributed by atoms with Gasteiger partial charge in [-0.05, 0) is 47.4 Å². The smallest absolute Gasteiger partial charge is 0.161 e. The second-order valence-electron chi connectivity index (χ2n) is 5.52. The van der Waals surface area contributed by atoms with E-state index >= 15 is 0 Å². The maximum absolute atomic E-state index is 5.40. The third-order valence-corrected chi connectivity index (χ3v) is 4.24. The molecule has 1 aliphatic heterocycles. The van der Waals surface area contributed by atoms with Crippen LogP contribution in [-0.2, 0) is 6.42 Å². The van der Waals surface area contributed by atoms with Crippen LogP contribution in [0.2, 0.25) is 0 Å². The fourth-order valence-electron chi connectivity index (χ4n) is 2.93. The Balaban J connectivity index is 1.93. The highest BCUT2D eigenvalue weighted by Crippen LogP contribution is 2.37. The van der Waals surface area contributed by atoms with Crippen molar-refractivity contribution in [2.24, 2.45) is 4.99 Å². The maximum Gasteiger partial charge on any atom is 0.161 e. The zero-order valence-corrected chi connectivity index (χ0v) is 14.3. The Kier molecular flexibility index (Phi) is 4.60. The summed E-state index contributed by atoms with van der Waals surface area (Å²) in [5, 5.41) is 0. The molecule has 1 unspecified atom stereocenters. The van der Waals surface area contributed by atoms with Gasteiger partial charge in [0, 0.05) is 6.21 Å². The van der Waals surface area contributed by atoms with Crippen LogP contribution in [0.1, 0.15) is 22.7 Å². The number of methoxy groups -OCH3 is 4. The van der Waals surface area contributed by atoms with Gasteiger partial charge in [-0.15, -0.1) is 0 Å². The standard InChI is InChI=1S/C19H21NO4/c1-21-16-6-5-12(8-17(16)22-2)15-7-13-9-18(23-3)19(24-4)10-14(13)11-20-15/h5-6,8-11,15H,7H2,1-4H3. The average Bonchev–Trinajstić information content (AvgIpc) is 2.65. The van der Waals surface area contributed by atoms with Crippen molar-refractivity contribution in [3.8, 4) is 23.0 Å². The molecule has 5 nitrogen and oxygen atoms in total. The molecule has 0 fully saturated rings. The Bertz CT molecular complexity index is 770. The van der Waals surface area contributed by atoms with Crippen LogP contribution in [0.15, 0.2) is 35.3 Å². The number of benzene rings is 2. The highest BCUT2D eigenvalue weighted by molar-refractivity contribution is 5.84. The number of hydrogen-bond acceptors (Lipinski definition) is 5. The zero-order valence-electron chi connectivity index (χ0n) is 14.3. The summed E-state index contributed by atoms with van der Waals surface area (Å²) < 4.78 is 21.4. The number of aliphatic imine (C=N–C) groups is 1. The lowest BCUT2D eigenvalue weighted by Gasteiger charge is -2.21. The number of hydrogen-bond donors (Lipinski definition) is 0. The Morgan fingerprint density at radius 2 is 1.42 bits per heavy atom. The largest absolute Gasteiger partial charge is 0.493 e. The average molecular weight is 327 g/mol. The van der Waals surface area contributed by atoms with Gasteiger partial charge in [0.2, 0.25) is 0 Å². The van der Waals surface area contributed by atoms with Gasteiger partial charge in [0.05, 0.1) is 34.5 Å². The molecule has 3 rings (SSSR count). The SMILES string of the molecule is COc1ccc(C2Cc3cc(OC)c(OC)cc3C=N2)cc1OC. The molecule has 0 N–H and O–H groups in total. The second-order valence-corrected chi connectivity index (χ2v) is 5.52. The van der Waals surface area contributed by atoms with Gasteiger partial charge in [0.25, 0.3) is 0 Å². The van der Waals surface area contributed by atoms with Gasteiger partial charge in [-0.3, -0.25) is 4.99 Å². The Morgan fingerprint density at radius 1 is 0.792 bits per heavy atom. The maximum atomic E-state index is 5.40. The van der Waals surface area contributed by atoms with Gasteiger partial charge in [-0.1, -0.05) is 6.07 Å². The van der Waals surface area contributed by atoms with E-state index in [0.717, 1.165) is 23.3 Å². The topological polar surface area (TPSA) is 49.3 Å². The number of ether oxygens (including phenoxy) is 4. The van der Waals surface area contributed by atoms with E-state index in [1.54, 1.807) is 28.4 Å². The molecule has 0 saturated heterocycles. The van der Waals surface area contributed by atoms with Crippen molar-refractivity contribution in [1.82, 2.24) is 0 Å². The van der Waals surface area contributed by atoms with Crippen molar-refractivity contribution in [2.75, 3.05) is 28.4 Å². The lowest BCUT2D eigenvalue weighted by molar-refractivity contribution is 0.353. The molecule has 1 atom stereocenters. The van der Waals surface area contributed by atoms with Gasteiger partial charge in [0.15, 0.2) is 23.0 Å². The van der Waals surface area contributed by atoms with Crippen molar-refractivity contribution in [2.45, 2.75) is 12.5 Å². The third kappa shape index (κ3) is 2.89. The quantitative estimate of drug-likeness (QED) is 0.844. The van der Waals surface area contributed by atoms with Gasteiger partial charge >= 0.3 is 0 Å². The summed E-state index contributed by atoms with van der Waals surface area (Å²) in [4.78, 5) is 4.69. The third-order valence-electron chi connectivity index (χ3n) is 4.24. The first-order valence-corrected chi connectivity index (χ1v) is 7.70. The molecule has 0 bridgehead atoms. The van der Waals surface area contributed by atoms with Crippen molar-refractivity contribution >= 4 is 6.21 Å². The van der Waals surface area contributed by atoms with Crippen LogP contribution >= 0.6 is 0 Å². The highest BCUT2D eigenvalue weighted by atomic mass is 16.5. The predicted molar refractivity (Wildman–Crippen MR) is 93.1 cm³/mol. The minimum absolute atomic E-state index is 0.0374. The van der Waals surface area contributed by atoms with Crippen LogP contribution in [0, 0.1) is 0 Å². The molecule has 0 spiro atoms. The van der Waals surface area contributed by atoms with Crippen LogP contribution in [-0.4, -0.2) is 34.7 Å². The van der Waals surface area contributed by atoms with Crippen LogP contribution in [0.3, 0.4) is 0 Å². The molecule has 0 saturated carbocycles. The summed E-state index contributed by atoms with van der Waals surface area (Å²) in [6.07, 6.45) is 2.68. The van der Waals surface area contributed by atoms with Gasteiger partial charge in [0.1, 0.15) is 0 Å². The molecule has 126 valence electrons. The Hall–Kier alpha value is -2.69. The fourth-order valence-corrected chi connectivity index (χ4v) is 2.93. The minimum atomic E-state index is 0.0374. The summed E-state index contributed by atoms with van der Waals surface area (Å²) in [6.45, 7) is 0. The Morgan fingerprint density at radius 3 is 2.08 bits per heavy atom. The summed E-state index contributed by atoms with van der Waals surface area (Å²) in [6, 6.07) is 9.93. The van der Waals surface area contributed by atoms with Gasteiger partial charge in [-0.2, -0.15) is 0 Å². The van der Waals surface area contributed by atoms with Gasteiger partial charge in [-0.25, -0.2) is 0 Å². The lowest BCUT2D eigenvalue weighted by atomic mass is 9.93. The molecule has 2 aromatic carbocycles. The molecular weight excluding hydrogens is 306 g/mol. The first-order valence-electron chi connectivity index (χ1n) is 7.70. The van der Waals surface area contributed by atoms with E-state index in [0.29, 0.717) is 17.2 Å². The van der Waals surface area contributed by atoms with Gasteiger partial charge < -0.3 is 18.9 Å². The molecule has 0 aliphatic carbocycles. The van der Waals surface area contributed by atoms with Crippen molar-refractivity contribution < 1.29 is 18.9 Å². The number of rotatable bonds is 5. The minimum Gasteiger partial charge on any atom is -0.493 e. The molecule has 0 aromatic heterocycles. The number of nitrogens with zero attached hydrogens (tertiary/aromatic N) is 1. The molecule has 5 heteroatoms. The van der Waals surface area contributed by atoms with E-state index in [1.807, 2.05) is 36.5 Å². The van der Waals surface area contributed by atoms with E-state index in [4.69, 9.17) is 18.9 Å². The summed E-state index contributed by atoms with van der Waals surface area (Å²) in [5.41, 5.74) is 3.33. The lowest BCUT2D eigenvalue weighted by Crippen LogP contribution is -2.10. The molecular formula is C19H21NO4.